The van der Waals surface area contributed by atoms with E-state index in [9.17, 15) is 23.4 Å². The number of hydrogen-bond donors (Lipinski definition) is 4. The van der Waals surface area contributed by atoms with E-state index in [1.165, 1.54) is 6.20 Å². The van der Waals surface area contributed by atoms with Crippen LogP contribution in [0.4, 0.5) is 6.01 Å². The van der Waals surface area contributed by atoms with Crippen LogP contribution in [0.3, 0.4) is 0 Å². The lowest BCUT2D eigenvalue weighted by Gasteiger charge is -2.19. The van der Waals surface area contributed by atoms with Crippen LogP contribution in [0.1, 0.15) is 61.5 Å². The Bertz CT molecular complexity index is 944. The summed E-state index contributed by atoms with van der Waals surface area (Å²) in [5, 5.41) is 22.5. The molecule has 2 aromatic rings. The molecule has 0 radical (unpaired) electrons. The molecule has 166 valence electrons. The second-order valence-corrected chi connectivity index (χ2v) is 8.88. The van der Waals surface area contributed by atoms with E-state index in [1.54, 1.807) is 6.07 Å². The molecular formula is C19H28N4O6S. The van der Waals surface area contributed by atoms with E-state index >= 15 is 0 Å². The highest BCUT2D eigenvalue weighted by molar-refractivity contribution is 7.91. The normalized spacial score (nSPS) is 12.5. The first-order chi connectivity index (χ1) is 14.2. The van der Waals surface area contributed by atoms with E-state index < -0.39 is 21.8 Å². The summed E-state index contributed by atoms with van der Waals surface area (Å²) in [6.07, 6.45) is 9.60. The van der Waals surface area contributed by atoms with Crippen molar-refractivity contribution >= 4 is 21.9 Å². The summed E-state index contributed by atoms with van der Waals surface area (Å²) in [5.41, 5.74) is 0.389. The monoisotopic (exact) mass is 440 g/mol. The number of carbonyl (C=O) groups excluding carboxylic acids is 1. The van der Waals surface area contributed by atoms with E-state index in [0.29, 0.717) is 12.0 Å². The van der Waals surface area contributed by atoms with Crippen molar-refractivity contribution in [1.82, 2.24) is 15.3 Å². The van der Waals surface area contributed by atoms with Crippen LogP contribution in [-0.2, 0) is 16.4 Å². The van der Waals surface area contributed by atoms with Crippen LogP contribution in [0.15, 0.2) is 22.9 Å². The highest BCUT2D eigenvalue weighted by Crippen LogP contribution is 2.27. The fraction of sp³-hybridized carbons (Fsp3) is 0.526. The van der Waals surface area contributed by atoms with Gasteiger partial charge in [0, 0.05) is 17.8 Å². The van der Waals surface area contributed by atoms with Crippen molar-refractivity contribution in [3.63, 3.8) is 0 Å². The average Bonchev–Trinajstić information content (AvgIpc) is 3.12. The van der Waals surface area contributed by atoms with Gasteiger partial charge in [0.2, 0.25) is 10.0 Å². The molecule has 1 unspecified atom stereocenters. The van der Waals surface area contributed by atoms with Gasteiger partial charge in [-0.15, -0.1) is 0 Å². The Labute approximate surface area is 175 Å². The van der Waals surface area contributed by atoms with Gasteiger partial charge >= 0.3 is 6.01 Å². The van der Waals surface area contributed by atoms with Crippen molar-refractivity contribution in [2.75, 3.05) is 11.0 Å². The van der Waals surface area contributed by atoms with Crippen LogP contribution in [-0.4, -0.2) is 46.8 Å². The summed E-state index contributed by atoms with van der Waals surface area (Å²) >= 11 is 0. The molecule has 0 aliphatic rings. The molecule has 10 nitrogen and oxygen atoms in total. The number of unbranched alkanes of at least 4 members (excludes halogenated alkanes) is 4. The number of aromatic nitrogens is 2. The van der Waals surface area contributed by atoms with Gasteiger partial charge in [0.25, 0.3) is 11.8 Å². The minimum absolute atomic E-state index is 0.0704. The molecule has 0 saturated heterocycles. The van der Waals surface area contributed by atoms with Crippen LogP contribution in [0.5, 0.6) is 11.6 Å². The molecule has 1 amide bonds. The molecule has 2 rings (SSSR count). The molecule has 0 aromatic carbocycles. The Morgan fingerprint density at radius 3 is 2.67 bits per heavy atom. The summed E-state index contributed by atoms with van der Waals surface area (Å²) in [7, 11) is -3.58. The zero-order valence-corrected chi connectivity index (χ0v) is 17.9. The summed E-state index contributed by atoms with van der Waals surface area (Å²) in [4.78, 5) is 20.0. The highest BCUT2D eigenvalue weighted by atomic mass is 32.2. The maximum absolute atomic E-state index is 12.6. The largest absolute Gasteiger partial charge is 0.503 e. The van der Waals surface area contributed by atoms with E-state index in [-0.39, 0.29) is 29.9 Å². The van der Waals surface area contributed by atoms with Gasteiger partial charge in [-0.1, -0.05) is 39.0 Å². The Morgan fingerprint density at radius 2 is 1.97 bits per heavy atom. The smallest absolute Gasteiger partial charge is 0.309 e. The summed E-state index contributed by atoms with van der Waals surface area (Å²) in [6, 6.07) is 0.945. The van der Waals surface area contributed by atoms with Gasteiger partial charge < -0.3 is 19.9 Å². The number of pyridine rings is 1. The fourth-order valence-corrected chi connectivity index (χ4v) is 3.39. The lowest BCUT2D eigenvalue weighted by atomic mass is 9.99. The van der Waals surface area contributed by atoms with Crippen LogP contribution in [0.25, 0.3) is 0 Å². The molecule has 2 aromatic heterocycles. The number of nitrogens with one attached hydrogen (secondary N) is 2. The van der Waals surface area contributed by atoms with Crippen LogP contribution >= 0.6 is 0 Å². The first-order valence-electron chi connectivity index (χ1n) is 9.79. The summed E-state index contributed by atoms with van der Waals surface area (Å²) in [5.74, 6) is -1.31. The van der Waals surface area contributed by atoms with Crippen molar-refractivity contribution < 1.29 is 27.8 Å². The standard InChI is InChI=1S/C19H28N4O6S/c1-3-4-5-6-7-8-14(11-13-9-10-20-18(26)16(13)24)21-17(25)15-12-29-19(22-15)23-30(2,27)28/h9-10,12,14,24H,3-8,11H2,1-2H3,(H,20,26)(H,21,25)(H,22,23). The lowest BCUT2D eigenvalue weighted by Crippen LogP contribution is -2.36. The van der Waals surface area contributed by atoms with Gasteiger partial charge in [0.05, 0.1) is 6.26 Å². The fourth-order valence-electron chi connectivity index (χ4n) is 2.97. The third kappa shape index (κ3) is 7.54. The molecule has 30 heavy (non-hydrogen) atoms. The number of sulfonamides is 1. The minimum atomic E-state index is -3.58. The molecule has 1 atom stereocenters. The van der Waals surface area contributed by atoms with E-state index in [2.05, 4.69) is 26.9 Å². The van der Waals surface area contributed by atoms with Crippen LogP contribution in [0.2, 0.25) is 0 Å². The number of rotatable bonds is 12. The molecular weight excluding hydrogens is 412 g/mol. The number of oxazole rings is 1. The van der Waals surface area contributed by atoms with Crippen molar-refractivity contribution in [3.05, 3.63) is 29.8 Å². The molecule has 0 aliphatic carbocycles. The molecule has 4 N–H and O–H groups in total. The number of nitrogens with zero attached hydrogens (tertiary/aromatic N) is 2. The quantitative estimate of drug-likeness (QED) is 0.367. The molecule has 0 saturated carbocycles. The first-order valence-corrected chi connectivity index (χ1v) is 11.7. The average molecular weight is 441 g/mol. The number of aromatic hydroxyl groups is 2. The predicted octanol–water partition coefficient (Wildman–Crippen LogP) is 2.55. The summed E-state index contributed by atoms with van der Waals surface area (Å²) in [6.45, 7) is 2.13. The topological polar surface area (TPSA) is 155 Å². The number of hydrogen-bond acceptors (Lipinski definition) is 8. The second kappa shape index (κ2) is 10.8. The van der Waals surface area contributed by atoms with Gasteiger partial charge in [0.15, 0.2) is 11.4 Å². The van der Waals surface area contributed by atoms with Crippen molar-refractivity contribution in [2.45, 2.75) is 57.9 Å². The Balaban J connectivity index is 2.07. The molecule has 11 heteroatoms. The second-order valence-electron chi connectivity index (χ2n) is 7.13. The maximum Gasteiger partial charge on any atom is 0.309 e. The SMILES string of the molecule is CCCCCCCC(Cc1ccnc(O)c1O)NC(=O)c1coc(NS(C)(=O)=O)n1. The van der Waals surface area contributed by atoms with Gasteiger partial charge in [0.1, 0.15) is 6.26 Å². The molecule has 0 fully saturated rings. The van der Waals surface area contributed by atoms with E-state index in [0.717, 1.165) is 44.6 Å². The molecule has 2 heterocycles. The van der Waals surface area contributed by atoms with Crippen molar-refractivity contribution in [2.24, 2.45) is 0 Å². The highest BCUT2D eigenvalue weighted by Gasteiger charge is 2.20. The summed E-state index contributed by atoms with van der Waals surface area (Å²) < 4.78 is 29.5. The molecule has 0 bridgehead atoms. The third-order valence-corrected chi connectivity index (χ3v) is 5.00. The van der Waals surface area contributed by atoms with E-state index in [1.807, 2.05) is 0 Å². The minimum Gasteiger partial charge on any atom is -0.503 e. The Kier molecular flexibility index (Phi) is 8.46. The van der Waals surface area contributed by atoms with Gasteiger partial charge in [-0.2, -0.15) is 4.98 Å². The lowest BCUT2D eigenvalue weighted by molar-refractivity contribution is 0.0929. The third-order valence-electron chi connectivity index (χ3n) is 4.46. The van der Waals surface area contributed by atoms with Gasteiger partial charge in [-0.25, -0.2) is 18.1 Å². The molecule has 0 spiro atoms. The Hall–Kier alpha value is -2.82. The van der Waals surface area contributed by atoms with Crippen molar-refractivity contribution in [3.8, 4) is 11.6 Å². The van der Waals surface area contributed by atoms with Gasteiger partial charge in [-0.05, 0) is 18.9 Å². The number of amides is 1. The molecule has 0 aliphatic heterocycles. The number of carbonyl (C=O) groups is 1. The predicted molar refractivity (Wildman–Crippen MR) is 111 cm³/mol. The van der Waals surface area contributed by atoms with Crippen molar-refractivity contribution in [1.29, 1.82) is 0 Å². The Morgan fingerprint density at radius 1 is 1.23 bits per heavy atom. The zero-order valence-electron chi connectivity index (χ0n) is 17.1. The van der Waals surface area contributed by atoms with Crippen LogP contribution in [0, 0.1) is 0 Å². The number of anilines is 1. The van der Waals surface area contributed by atoms with Crippen LogP contribution < -0.4 is 10.0 Å². The van der Waals surface area contributed by atoms with Gasteiger partial charge in [-0.3, -0.25) is 4.79 Å². The van der Waals surface area contributed by atoms with E-state index in [4.69, 9.17) is 4.42 Å². The first kappa shape index (κ1) is 23.5. The maximum atomic E-state index is 12.6. The zero-order chi connectivity index (χ0) is 22.1.